The molecule has 0 bridgehead atoms. The lowest BCUT2D eigenvalue weighted by Crippen LogP contribution is -2.05. The van der Waals surface area contributed by atoms with E-state index in [1.807, 2.05) is 6.07 Å². The van der Waals surface area contributed by atoms with E-state index < -0.39 is 0 Å². The van der Waals surface area contributed by atoms with Crippen molar-refractivity contribution in [3.8, 4) is 0 Å². The molecule has 0 atom stereocenters. The van der Waals surface area contributed by atoms with Crippen molar-refractivity contribution in [2.24, 2.45) is 0 Å². The van der Waals surface area contributed by atoms with Crippen LogP contribution in [-0.2, 0) is 12.8 Å². The standard InChI is InChI=1S/C17H20N4/c1-2-4-13-9-15(6-5-12(13)3-1)21-17-10-16(18-11-19-17)20-14-7-8-14/h5-6,9-11,14H,1-4,7-8H2,(H2,18,19,20,21). The molecule has 0 spiro atoms. The number of nitrogens with one attached hydrogen (secondary N) is 2. The predicted octanol–water partition coefficient (Wildman–Crippen LogP) is 3.67. The number of fused-ring (bicyclic) bond motifs is 1. The summed E-state index contributed by atoms with van der Waals surface area (Å²) in [6, 6.07) is 9.26. The fourth-order valence-corrected chi connectivity index (χ4v) is 2.90. The SMILES string of the molecule is c1nc(Nc2ccc3c(c2)CCCC3)cc(NC2CC2)n1. The number of aryl methyl sites for hydroxylation is 2. The van der Waals surface area contributed by atoms with Crippen LogP contribution in [0.15, 0.2) is 30.6 Å². The highest BCUT2D eigenvalue weighted by Gasteiger charge is 2.21. The Hall–Kier alpha value is -2.10. The first kappa shape index (κ1) is 12.6. The van der Waals surface area contributed by atoms with E-state index in [2.05, 4.69) is 38.8 Å². The van der Waals surface area contributed by atoms with Crippen LogP contribution in [0, 0.1) is 0 Å². The molecule has 2 aliphatic carbocycles. The van der Waals surface area contributed by atoms with Gasteiger partial charge in [-0.1, -0.05) is 6.07 Å². The molecule has 4 heteroatoms. The monoisotopic (exact) mass is 280 g/mol. The van der Waals surface area contributed by atoms with Crippen LogP contribution in [0.5, 0.6) is 0 Å². The Morgan fingerprint density at radius 2 is 1.71 bits per heavy atom. The van der Waals surface area contributed by atoms with Crippen LogP contribution in [-0.4, -0.2) is 16.0 Å². The van der Waals surface area contributed by atoms with E-state index in [1.54, 1.807) is 6.33 Å². The summed E-state index contributed by atoms with van der Waals surface area (Å²) in [6.07, 6.45) is 9.16. The van der Waals surface area contributed by atoms with Crippen LogP contribution in [0.25, 0.3) is 0 Å². The number of nitrogens with zero attached hydrogens (tertiary/aromatic N) is 2. The highest BCUT2D eigenvalue weighted by molar-refractivity contribution is 5.60. The molecule has 1 aromatic heterocycles. The van der Waals surface area contributed by atoms with Crippen molar-refractivity contribution in [3.05, 3.63) is 41.7 Å². The summed E-state index contributed by atoms with van der Waals surface area (Å²) in [7, 11) is 0. The number of hydrogen-bond donors (Lipinski definition) is 2. The van der Waals surface area contributed by atoms with E-state index in [-0.39, 0.29) is 0 Å². The smallest absolute Gasteiger partial charge is 0.135 e. The Bertz CT molecular complexity index is 649. The van der Waals surface area contributed by atoms with Gasteiger partial charge in [-0.15, -0.1) is 0 Å². The Labute approximate surface area is 125 Å². The lowest BCUT2D eigenvalue weighted by molar-refractivity contribution is 0.686. The zero-order chi connectivity index (χ0) is 14.1. The second kappa shape index (κ2) is 5.35. The second-order valence-corrected chi connectivity index (χ2v) is 6.02. The van der Waals surface area contributed by atoms with Gasteiger partial charge in [0.25, 0.3) is 0 Å². The average Bonchev–Trinajstić information content (AvgIpc) is 3.31. The highest BCUT2D eigenvalue weighted by atomic mass is 15.1. The summed E-state index contributed by atoms with van der Waals surface area (Å²) in [6.45, 7) is 0. The maximum Gasteiger partial charge on any atom is 0.135 e. The van der Waals surface area contributed by atoms with Gasteiger partial charge in [0.2, 0.25) is 0 Å². The van der Waals surface area contributed by atoms with Crippen LogP contribution < -0.4 is 10.6 Å². The van der Waals surface area contributed by atoms with Crippen molar-refractivity contribution < 1.29 is 0 Å². The molecule has 0 amide bonds. The van der Waals surface area contributed by atoms with Gasteiger partial charge in [0.05, 0.1) is 0 Å². The molecule has 1 saturated carbocycles. The Balaban J connectivity index is 1.52. The number of benzene rings is 1. The minimum absolute atomic E-state index is 0.608. The maximum atomic E-state index is 4.31. The van der Waals surface area contributed by atoms with Gasteiger partial charge in [-0.3, -0.25) is 0 Å². The normalized spacial score (nSPS) is 17.1. The Kier molecular flexibility index (Phi) is 3.22. The Morgan fingerprint density at radius 3 is 2.57 bits per heavy atom. The van der Waals surface area contributed by atoms with E-state index in [0.717, 1.165) is 17.3 Å². The number of aromatic nitrogens is 2. The first-order valence-corrected chi connectivity index (χ1v) is 7.84. The van der Waals surface area contributed by atoms with Crippen molar-refractivity contribution in [2.75, 3.05) is 10.6 Å². The van der Waals surface area contributed by atoms with Gasteiger partial charge < -0.3 is 10.6 Å². The molecule has 21 heavy (non-hydrogen) atoms. The van der Waals surface area contributed by atoms with Gasteiger partial charge >= 0.3 is 0 Å². The topological polar surface area (TPSA) is 49.8 Å². The molecule has 0 unspecified atom stereocenters. The number of rotatable bonds is 4. The van der Waals surface area contributed by atoms with Crippen LogP contribution in [0.3, 0.4) is 0 Å². The summed E-state index contributed by atoms with van der Waals surface area (Å²) >= 11 is 0. The van der Waals surface area contributed by atoms with Gasteiger partial charge in [0, 0.05) is 17.8 Å². The molecule has 4 nitrogen and oxygen atoms in total. The molecular formula is C17H20N4. The third-order valence-electron chi connectivity index (χ3n) is 4.22. The first-order chi connectivity index (χ1) is 10.4. The van der Waals surface area contributed by atoms with Crippen LogP contribution in [0.2, 0.25) is 0 Å². The van der Waals surface area contributed by atoms with Crippen molar-refractivity contribution in [1.82, 2.24) is 9.97 Å². The molecule has 0 saturated heterocycles. The fraction of sp³-hybridized carbons (Fsp3) is 0.412. The van der Waals surface area contributed by atoms with Gasteiger partial charge in [0.15, 0.2) is 0 Å². The molecule has 108 valence electrons. The molecule has 1 heterocycles. The summed E-state index contributed by atoms with van der Waals surface area (Å²) in [5.74, 6) is 1.76. The molecule has 2 aromatic rings. The largest absolute Gasteiger partial charge is 0.367 e. The molecule has 1 aromatic carbocycles. The van der Waals surface area contributed by atoms with Crippen molar-refractivity contribution in [3.63, 3.8) is 0 Å². The van der Waals surface area contributed by atoms with Crippen molar-refractivity contribution in [1.29, 1.82) is 0 Å². The van der Waals surface area contributed by atoms with Crippen molar-refractivity contribution in [2.45, 2.75) is 44.6 Å². The maximum absolute atomic E-state index is 4.31. The summed E-state index contributed by atoms with van der Waals surface area (Å²) in [5, 5.41) is 6.80. The van der Waals surface area contributed by atoms with E-state index in [1.165, 1.54) is 49.7 Å². The predicted molar refractivity (Wildman–Crippen MR) is 85.0 cm³/mol. The van der Waals surface area contributed by atoms with Crippen LogP contribution >= 0.6 is 0 Å². The summed E-state index contributed by atoms with van der Waals surface area (Å²) < 4.78 is 0. The number of hydrogen-bond acceptors (Lipinski definition) is 4. The molecule has 4 rings (SSSR count). The minimum atomic E-state index is 0.608. The zero-order valence-corrected chi connectivity index (χ0v) is 12.1. The van der Waals surface area contributed by atoms with Gasteiger partial charge in [-0.05, 0) is 61.8 Å². The average molecular weight is 280 g/mol. The summed E-state index contributed by atoms with van der Waals surface area (Å²) in [5.41, 5.74) is 4.11. The lowest BCUT2D eigenvalue weighted by atomic mass is 9.91. The van der Waals surface area contributed by atoms with Gasteiger partial charge in [-0.2, -0.15) is 0 Å². The van der Waals surface area contributed by atoms with Crippen LogP contribution in [0.4, 0.5) is 17.3 Å². The van der Waals surface area contributed by atoms with Gasteiger partial charge in [0.1, 0.15) is 18.0 Å². The first-order valence-electron chi connectivity index (χ1n) is 7.84. The third-order valence-corrected chi connectivity index (χ3v) is 4.22. The quantitative estimate of drug-likeness (QED) is 0.897. The lowest BCUT2D eigenvalue weighted by Gasteiger charge is -2.17. The van der Waals surface area contributed by atoms with Gasteiger partial charge in [-0.25, -0.2) is 9.97 Å². The highest BCUT2D eigenvalue weighted by Crippen LogP contribution is 2.27. The molecule has 0 aliphatic heterocycles. The molecular weight excluding hydrogens is 260 g/mol. The Morgan fingerprint density at radius 1 is 0.905 bits per heavy atom. The molecule has 0 radical (unpaired) electrons. The second-order valence-electron chi connectivity index (χ2n) is 6.02. The fourth-order valence-electron chi connectivity index (χ4n) is 2.90. The molecule has 2 aliphatic rings. The zero-order valence-electron chi connectivity index (χ0n) is 12.1. The summed E-state index contributed by atoms with van der Waals surface area (Å²) in [4.78, 5) is 8.58. The molecule has 1 fully saturated rings. The minimum Gasteiger partial charge on any atom is -0.367 e. The third kappa shape index (κ3) is 2.99. The van der Waals surface area contributed by atoms with E-state index in [9.17, 15) is 0 Å². The molecule has 2 N–H and O–H groups in total. The van der Waals surface area contributed by atoms with E-state index >= 15 is 0 Å². The number of anilines is 3. The van der Waals surface area contributed by atoms with Crippen LogP contribution in [0.1, 0.15) is 36.8 Å². The van der Waals surface area contributed by atoms with E-state index in [4.69, 9.17) is 0 Å². The van der Waals surface area contributed by atoms with Crippen molar-refractivity contribution >= 4 is 17.3 Å². The van der Waals surface area contributed by atoms with E-state index in [0.29, 0.717) is 6.04 Å².